The van der Waals surface area contributed by atoms with Gasteiger partial charge in [-0.25, -0.2) is 0 Å². The number of carbonyl (C=O) groups is 2. The fourth-order valence-electron chi connectivity index (χ4n) is 3.43. The third kappa shape index (κ3) is 3.43. The predicted octanol–water partition coefficient (Wildman–Crippen LogP) is 1.88. The number of hydrogen-bond donors (Lipinski definition) is 2. The van der Waals surface area contributed by atoms with E-state index in [0.29, 0.717) is 38.5 Å². The summed E-state index contributed by atoms with van der Waals surface area (Å²) in [5.41, 5.74) is 6.23. The Morgan fingerprint density at radius 3 is 2.87 bits per heavy atom. The fraction of sp³-hybridized carbons (Fsp3) is 0.647. The highest BCUT2D eigenvalue weighted by Crippen LogP contribution is 2.33. The molecule has 5 nitrogen and oxygen atoms in total. The summed E-state index contributed by atoms with van der Waals surface area (Å²) in [4.78, 5) is 26.4. The van der Waals surface area contributed by atoms with Crippen molar-refractivity contribution in [1.29, 1.82) is 0 Å². The molecule has 1 aliphatic heterocycles. The number of primary amides is 1. The molecule has 2 aliphatic rings. The van der Waals surface area contributed by atoms with Crippen LogP contribution in [-0.2, 0) is 22.4 Å². The molecule has 0 bridgehead atoms. The maximum atomic E-state index is 12.5. The molecule has 23 heavy (non-hydrogen) atoms. The SMILES string of the molecule is C[C@H]1CCc2sc(C(=O)NCC3(C(N)=O)CCOCC3)cc2C1. The smallest absolute Gasteiger partial charge is 0.261 e. The van der Waals surface area contributed by atoms with Gasteiger partial charge in [0.2, 0.25) is 5.91 Å². The number of rotatable bonds is 4. The third-order valence-corrected chi connectivity index (χ3v) is 6.35. The number of thiophene rings is 1. The minimum absolute atomic E-state index is 0.0934. The van der Waals surface area contributed by atoms with E-state index in [2.05, 4.69) is 12.2 Å². The zero-order chi connectivity index (χ0) is 16.4. The lowest BCUT2D eigenvalue weighted by Crippen LogP contribution is -2.49. The average Bonchev–Trinajstić information content (AvgIpc) is 2.96. The minimum atomic E-state index is -0.667. The molecule has 1 aromatic rings. The molecule has 6 heteroatoms. The van der Waals surface area contributed by atoms with Crippen LogP contribution in [0.4, 0.5) is 0 Å². The van der Waals surface area contributed by atoms with E-state index in [9.17, 15) is 9.59 Å². The van der Waals surface area contributed by atoms with Gasteiger partial charge in [0.15, 0.2) is 0 Å². The van der Waals surface area contributed by atoms with Crippen LogP contribution in [0.25, 0.3) is 0 Å². The normalized spacial score (nSPS) is 23.1. The summed E-state index contributed by atoms with van der Waals surface area (Å²) in [6.45, 7) is 3.58. The Morgan fingerprint density at radius 1 is 1.43 bits per heavy atom. The van der Waals surface area contributed by atoms with E-state index < -0.39 is 5.41 Å². The van der Waals surface area contributed by atoms with Crippen LogP contribution in [0.15, 0.2) is 6.07 Å². The highest BCUT2D eigenvalue weighted by molar-refractivity contribution is 7.14. The molecular formula is C17H24N2O3S. The molecule has 3 rings (SSSR count). The van der Waals surface area contributed by atoms with Crippen molar-refractivity contribution in [2.24, 2.45) is 17.1 Å². The topological polar surface area (TPSA) is 81.4 Å². The van der Waals surface area contributed by atoms with Crippen molar-refractivity contribution in [3.05, 3.63) is 21.4 Å². The first-order chi connectivity index (χ1) is 11.0. The number of nitrogens with one attached hydrogen (secondary N) is 1. The van der Waals surface area contributed by atoms with Gasteiger partial charge in [-0.1, -0.05) is 6.92 Å². The first-order valence-corrected chi connectivity index (χ1v) is 9.09. The van der Waals surface area contributed by atoms with Crippen molar-refractivity contribution in [2.75, 3.05) is 19.8 Å². The number of aryl methyl sites for hydroxylation is 1. The second-order valence-electron chi connectivity index (χ2n) is 6.85. The van der Waals surface area contributed by atoms with E-state index >= 15 is 0 Å². The van der Waals surface area contributed by atoms with Crippen LogP contribution in [0.2, 0.25) is 0 Å². The van der Waals surface area contributed by atoms with Crippen LogP contribution in [0, 0.1) is 11.3 Å². The Morgan fingerprint density at radius 2 is 2.17 bits per heavy atom. The van der Waals surface area contributed by atoms with E-state index in [1.54, 1.807) is 11.3 Å². The van der Waals surface area contributed by atoms with Gasteiger partial charge in [0.25, 0.3) is 5.91 Å². The average molecular weight is 336 g/mol. The molecule has 1 aromatic heterocycles. The minimum Gasteiger partial charge on any atom is -0.381 e. The first-order valence-electron chi connectivity index (χ1n) is 8.28. The van der Waals surface area contributed by atoms with Crippen molar-refractivity contribution in [1.82, 2.24) is 5.32 Å². The number of nitrogens with two attached hydrogens (primary N) is 1. The largest absolute Gasteiger partial charge is 0.381 e. The van der Waals surface area contributed by atoms with E-state index in [1.807, 2.05) is 6.07 Å². The van der Waals surface area contributed by atoms with Crippen LogP contribution < -0.4 is 11.1 Å². The van der Waals surface area contributed by atoms with Crippen LogP contribution >= 0.6 is 11.3 Å². The molecule has 0 radical (unpaired) electrons. The monoisotopic (exact) mass is 336 g/mol. The number of carbonyl (C=O) groups excluding carboxylic acids is 2. The predicted molar refractivity (Wildman–Crippen MR) is 89.5 cm³/mol. The number of hydrogen-bond acceptors (Lipinski definition) is 4. The van der Waals surface area contributed by atoms with Gasteiger partial charge in [-0.3, -0.25) is 9.59 Å². The van der Waals surface area contributed by atoms with Gasteiger partial charge in [-0.05, 0) is 49.7 Å². The van der Waals surface area contributed by atoms with Crippen molar-refractivity contribution in [2.45, 2.75) is 39.0 Å². The van der Waals surface area contributed by atoms with E-state index in [-0.39, 0.29) is 11.8 Å². The molecule has 1 fully saturated rings. The van der Waals surface area contributed by atoms with Gasteiger partial charge >= 0.3 is 0 Å². The number of amides is 2. The molecule has 2 amide bonds. The Balaban J connectivity index is 1.66. The van der Waals surface area contributed by atoms with Gasteiger partial charge in [0.05, 0.1) is 10.3 Å². The second-order valence-corrected chi connectivity index (χ2v) is 7.98. The Labute approximate surface area is 140 Å². The molecular weight excluding hydrogens is 312 g/mol. The molecule has 0 spiro atoms. The summed E-state index contributed by atoms with van der Waals surface area (Å²) in [5.74, 6) is 0.248. The van der Waals surface area contributed by atoms with E-state index in [4.69, 9.17) is 10.5 Å². The molecule has 0 unspecified atom stereocenters. The summed E-state index contributed by atoms with van der Waals surface area (Å²) in [6.07, 6.45) is 4.46. The van der Waals surface area contributed by atoms with E-state index in [1.165, 1.54) is 16.9 Å². The lowest BCUT2D eigenvalue weighted by atomic mass is 9.79. The van der Waals surface area contributed by atoms with Crippen molar-refractivity contribution < 1.29 is 14.3 Å². The molecule has 126 valence electrons. The zero-order valence-corrected chi connectivity index (χ0v) is 14.3. The van der Waals surface area contributed by atoms with Gasteiger partial charge in [-0.15, -0.1) is 11.3 Å². The highest BCUT2D eigenvalue weighted by atomic mass is 32.1. The van der Waals surface area contributed by atoms with E-state index in [0.717, 1.165) is 17.7 Å². The second kappa shape index (κ2) is 6.61. The first kappa shape index (κ1) is 16.5. The molecule has 0 aromatic carbocycles. The van der Waals surface area contributed by atoms with Gasteiger partial charge in [0.1, 0.15) is 0 Å². The van der Waals surface area contributed by atoms with Gasteiger partial charge < -0.3 is 15.8 Å². The quantitative estimate of drug-likeness (QED) is 0.881. The lowest BCUT2D eigenvalue weighted by molar-refractivity contribution is -0.132. The molecule has 1 saturated heterocycles. The highest BCUT2D eigenvalue weighted by Gasteiger charge is 2.38. The summed E-state index contributed by atoms with van der Waals surface area (Å²) < 4.78 is 5.31. The van der Waals surface area contributed by atoms with Crippen molar-refractivity contribution >= 4 is 23.2 Å². The number of fused-ring (bicyclic) bond motifs is 1. The molecule has 2 heterocycles. The van der Waals surface area contributed by atoms with Crippen LogP contribution in [0.5, 0.6) is 0 Å². The summed E-state index contributed by atoms with van der Waals surface area (Å²) in [6, 6.07) is 2.02. The molecule has 3 N–H and O–H groups in total. The fourth-order valence-corrected chi connectivity index (χ4v) is 4.55. The zero-order valence-electron chi connectivity index (χ0n) is 13.5. The van der Waals surface area contributed by atoms with Gasteiger partial charge in [0, 0.05) is 24.6 Å². The third-order valence-electron chi connectivity index (χ3n) is 5.11. The van der Waals surface area contributed by atoms with Crippen molar-refractivity contribution in [3.8, 4) is 0 Å². The summed E-state index contributed by atoms with van der Waals surface area (Å²) in [5, 5.41) is 2.93. The molecule has 1 atom stereocenters. The molecule has 1 aliphatic carbocycles. The molecule has 0 saturated carbocycles. The Hall–Kier alpha value is -1.40. The standard InChI is InChI=1S/C17H24N2O3S/c1-11-2-3-13-12(8-11)9-14(23-13)15(20)19-10-17(16(18)21)4-6-22-7-5-17/h9,11H,2-8,10H2,1H3,(H2,18,21)(H,19,20)/t11-/m0/s1. The Kier molecular flexibility index (Phi) is 4.73. The number of ether oxygens (including phenoxy) is 1. The lowest BCUT2D eigenvalue weighted by Gasteiger charge is -2.34. The van der Waals surface area contributed by atoms with Crippen molar-refractivity contribution in [3.63, 3.8) is 0 Å². The Bertz CT molecular complexity index is 605. The maximum absolute atomic E-state index is 12.5. The van der Waals surface area contributed by atoms with Crippen LogP contribution in [-0.4, -0.2) is 31.6 Å². The summed E-state index contributed by atoms with van der Waals surface area (Å²) >= 11 is 1.59. The summed E-state index contributed by atoms with van der Waals surface area (Å²) in [7, 11) is 0. The van der Waals surface area contributed by atoms with Crippen LogP contribution in [0.3, 0.4) is 0 Å². The maximum Gasteiger partial charge on any atom is 0.261 e. The van der Waals surface area contributed by atoms with Gasteiger partial charge in [-0.2, -0.15) is 0 Å². The van der Waals surface area contributed by atoms with Crippen LogP contribution in [0.1, 0.15) is 46.3 Å².